The van der Waals surface area contributed by atoms with Gasteiger partial charge in [-0.05, 0) is 23.8 Å². The summed E-state index contributed by atoms with van der Waals surface area (Å²) in [5.41, 5.74) is 7.56. The van der Waals surface area contributed by atoms with Crippen molar-refractivity contribution in [3.63, 3.8) is 0 Å². The molecule has 0 aliphatic rings. The van der Waals surface area contributed by atoms with Crippen LogP contribution in [0.15, 0.2) is 48.8 Å². The van der Waals surface area contributed by atoms with Crippen LogP contribution in [0.25, 0.3) is 0 Å². The van der Waals surface area contributed by atoms with Crippen LogP contribution in [-0.4, -0.2) is 16.6 Å². The third-order valence-electron chi connectivity index (χ3n) is 2.52. The van der Waals surface area contributed by atoms with Crippen LogP contribution in [0, 0.1) is 0 Å². The van der Waals surface area contributed by atoms with Gasteiger partial charge in [0.2, 0.25) is 0 Å². The third-order valence-corrected chi connectivity index (χ3v) is 2.74. The zero-order valence-corrected chi connectivity index (χ0v) is 10.7. The summed E-state index contributed by atoms with van der Waals surface area (Å²) < 4.78 is 5.71. The smallest absolute Gasteiger partial charge is 0.129 e. The van der Waals surface area contributed by atoms with E-state index in [1.54, 1.807) is 6.20 Å². The molecule has 18 heavy (non-hydrogen) atoms. The van der Waals surface area contributed by atoms with E-state index in [1.165, 1.54) is 0 Å². The standard InChI is InChI=1S/C14H14N2OS/c15-14(18)12-5-1-2-6-13(12)17-9-7-11-4-3-8-16-10-11/h1-6,8,10H,7,9H2,(H2,15,18). The summed E-state index contributed by atoms with van der Waals surface area (Å²) in [6, 6.07) is 11.5. The molecule has 0 fully saturated rings. The van der Waals surface area contributed by atoms with E-state index < -0.39 is 0 Å². The first-order valence-corrected chi connectivity index (χ1v) is 6.09. The second-order valence-electron chi connectivity index (χ2n) is 3.82. The molecule has 92 valence electrons. The number of ether oxygens (including phenoxy) is 1. The molecule has 0 bridgehead atoms. The molecule has 2 N–H and O–H groups in total. The Morgan fingerprint density at radius 3 is 2.78 bits per heavy atom. The topological polar surface area (TPSA) is 48.1 Å². The number of hydrogen-bond donors (Lipinski definition) is 1. The number of nitrogens with two attached hydrogens (primary N) is 1. The van der Waals surface area contributed by atoms with Crippen LogP contribution in [0.2, 0.25) is 0 Å². The molecule has 0 radical (unpaired) electrons. The molecular formula is C14H14N2OS. The first kappa shape index (κ1) is 12.5. The predicted octanol–water partition coefficient (Wildman–Crippen LogP) is 2.34. The summed E-state index contributed by atoms with van der Waals surface area (Å²) in [6.07, 6.45) is 4.40. The van der Waals surface area contributed by atoms with Gasteiger partial charge in [0, 0.05) is 18.8 Å². The second kappa shape index (κ2) is 6.12. The van der Waals surface area contributed by atoms with Gasteiger partial charge in [-0.25, -0.2) is 0 Å². The number of thiocarbonyl (C=S) groups is 1. The Morgan fingerprint density at radius 1 is 1.22 bits per heavy atom. The molecular weight excluding hydrogens is 244 g/mol. The predicted molar refractivity (Wildman–Crippen MR) is 75.8 cm³/mol. The van der Waals surface area contributed by atoms with Gasteiger partial charge in [0.25, 0.3) is 0 Å². The van der Waals surface area contributed by atoms with Gasteiger partial charge in [-0.15, -0.1) is 0 Å². The van der Waals surface area contributed by atoms with Crippen LogP contribution in [0.1, 0.15) is 11.1 Å². The van der Waals surface area contributed by atoms with Crippen molar-refractivity contribution in [1.82, 2.24) is 4.98 Å². The maximum atomic E-state index is 5.71. The molecule has 0 aliphatic carbocycles. The van der Waals surface area contributed by atoms with E-state index in [9.17, 15) is 0 Å². The number of pyridine rings is 1. The monoisotopic (exact) mass is 258 g/mol. The van der Waals surface area contributed by atoms with Crippen molar-refractivity contribution in [2.24, 2.45) is 5.73 Å². The molecule has 2 rings (SSSR count). The number of hydrogen-bond acceptors (Lipinski definition) is 3. The van der Waals surface area contributed by atoms with Gasteiger partial charge >= 0.3 is 0 Å². The lowest BCUT2D eigenvalue weighted by atomic mass is 10.2. The zero-order valence-electron chi connectivity index (χ0n) is 9.87. The van der Waals surface area contributed by atoms with Gasteiger partial charge in [-0.2, -0.15) is 0 Å². The van der Waals surface area contributed by atoms with Crippen molar-refractivity contribution >= 4 is 17.2 Å². The molecule has 0 aliphatic heterocycles. The van der Waals surface area contributed by atoms with Gasteiger partial charge in [0.1, 0.15) is 10.7 Å². The van der Waals surface area contributed by atoms with Crippen molar-refractivity contribution in [2.45, 2.75) is 6.42 Å². The summed E-state index contributed by atoms with van der Waals surface area (Å²) >= 11 is 4.98. The van der Waals surface area contributed by atoms with Crippen LogP contribution >= 0.6 is 12.2 Å². The summed E-state index contributed by atoms with van der Waals surface area (Å²) in [6.45, 7) is 0.575. The summed E-state index contributed by atoms with van der Waals surface area (Å²) in [5.74, 6) is 0.730. The highest BCUT2D eigenvalue weighted by molar-refractivity contribution is 7.80. The highest BCUT2D eigenvalue weighted by atomic mass is 32.1. The maximum absolute atomic E-state index is 5.71. The first-order chi connectivity index (χ1) is 8.77. The van der Waals surface area contributed by atoms with Crippen LogP contribution in [0.3, 0.4) is 0 Å². The Morgan fingerprint density at radius 2 is 2.06 bits per heavy atom. The van der Waals surface area contributed by atoms with E-state index in [0.29, 0.717) is 11.6 Å². The molecule has 0 saturated heterocycles. The molecule has 1 aromatic carbocycles. The minimum atomic E-state index is 0.354. The van der Waals surface area contributed by atoms with Gasteiger partial charge < -0.3 is 10.5 Å². The Hall–Kier alpha value is -1.94. The number of aromatic nitrogens is 1. The maximum Gasteiger partial charge on any atom is 0.129 e. The van der Waals surface area contributed by atoms with Crippen LogP contribution < -0.4 is 10.5 Å². The first-order valence-electron chi connectivity index (χ1n) is 5.68. The molecule has 0 unspecified atom stereocenters. The van der Waals surface area contributed by atoms with Gasteiger partial charge in [-0.3, -0.25) is 4.98 Å². The SMILES string of the molecule is NC(=S)c1ccccc1OCCc1cccnc1. The zero-order chi connectivity index (χ0) is 12.8. The Bertz CT molecular complexity index is 528. The summed E-state index contributed by atoms with van der Waals surface area (Å²) in [7, 11) is 0. The van der Waals surface area contributed by atoms with E-state index in [-0.39, 0.29) is 0 Å². The van der Waals surface area contributed by atoms with Gasteiger partial charge in [0.15, 0.2) is 0 Å². The Kier molecular flexibility index (Phi) is 4.25. The quantitative estimate of drug-likeness (QED) is 0.836. The Labute approximate surface area is 112 Å². The van der Waals surface area contributed by atoms with Crippen molar-refractivity contribution in [1.29, 1.82) is 0 Å². The largest absolute Gasteiger partial charge is 0.493 e. The number of benzene rings is 1. The molecule has 3 nitrogen and oxygen atoms in total. The van der Waals surface area contributed by atoms with Crippen LogP contribution in [0.5, 0.6) is 5.75 Å². The highest BCUT2D eigenvalue weighted by Gasteiger charge is 2.04. The van der Waals surface area contributed by atoms with Crippen molar-refractivity contribution < 1.29 is 4.74 Å². The number of nitrogens with zero attached hydrogens (tertiary/aromatic N) is 1. The minimum Gasteiger partial charge on any atom is -0.493 e. The van der Waals surface area contributed by atoms with Crippen LogP contribution in [0.4, 0.5) is 0 Å². The molecule has 2 aromatic rings. The lowest BCUT2D eigenvalue weighted by Gasteiger charge is -2.10. The second-order valence-corrected chi connectivity index (χ2v) is 4.26. The fraction of sp³-hybridized carbons (Fsp3) is 0.143. The lowest BCUT2D eigenvalue weighted by Crippen LogP contribution is -2.12. The summed E-state index contributed by atoms with van der Waals surface area (Å²) in [5, 5.41) is 0. The average molecular weight is 258 g/mol. The molecule has 0 saturated carbocycles. The number of para-hydroxylation sites is 1. The van der Waals surface area contributed by atoms with Gasteiger partial charge in [0.05, 0.1) is 12.2 Å². The normalized spacial score (nSPS) is 10.0. The van der Waals surface area contributed by atoms with E-state index in [4.69, 9.17) is 22.7 Å². The van der Waals surface area contributed by atoms with Crippen molar-refractivity contribution in [3.8, 4) is 5.75 Å². The molecule has 0 atom stereocenters. The van der Waals surface area contributed by atoms with E-state index in [0.717, 1.165) is 23.3 Å². The Balaban J connectivity index is 1.97. The van der Waals surface area contributed by atoms with E-state index >= 15 is 0 Å². The minimum absolute atomic E-state index is 0.354. The fourth-order valence-electron chi connectivity index (χ4n) is 1.62. The van der Waals surface area contributed by atoms with E-state index in [1.807, 2.05) is 42.6 Å². The molecule has 1 aromatic heterocycles. The van der Waals surface area contributed by atoms with Gasteiger partial charge in [-0.1, -0.05) is 30.4 Å². The third kappa shape index (κ3) is 3.28. The van der Waals surface area contributed by atoms with Crippen molar-refractivity contribution in [2.75, 3.05) is 6.61 Å². The summed E-state index contributed by atoms with van der Waals surface area (Å²) in [4.78, 5) is 4.41. The van der Waals surface area contributed by atoms with Crippen molar-refractivity contribution in [3.05, 3.63) is 59.9 Å². The molecule has 1 heterocycles. The fourth-order valence-corrected chi connectivity index (χ4v) is 1.79. The average Bonchev–Trinajstić information content (AvgIpc) is 2.40. The highest BCUT2D eigenvalue weighted by Crippen LogP contribution is 2.17. The molecule has 0 amide bonds. The molecule has 0 spiro atoms. The number of rotatable bonds is 5. The van der Waals surface area contributed by atoms with Crippen LogP contribution in [-0.2, 0) is 6.42 Å². The lowest BCUT2D eigenvalue weighted by molar-refractivity contribution is 0.321. The molecule has 4 heteroatoms. The van der Waals surface area contributed by atoms with E-state index in [2.05, 4.69) is 4.98 Å².